The lowest BCUT2D eigenvalue weighted by molar-refractivity contribution is 0.914. The number of fused-ring (bicyclic) bond motifs is 1. The number of nitrogens with two attached hydrogens (primary N) is 1. The minimum Gasteiger partial charge on any atom is -0.399 e. The Morgan fingerprint density at radius 3 is 2.74 bits per heavy atom. The second kappa shape index (κ2) is 5.02. The Hall–Kier alpha value is -1.87. The van der Waals surface area contributed by atoms with Crippen molar-refractivity contribution >= 4 is 23.1 Å². The number of aryl methyl sites for hydroxylation is 1. The Morgan fingerprint density at radius 2 is 1.89 bits per heavy atom. The van der Waals surface area contributed by atoms with Crippen molar-refractivity contribution in [1.82, 2.24) is 0 Å². The van der Waals surface area contributed by atoms with Gasteiger partial charge in [-0.3, -0.25) is 0 Å². The molecule has 0 aromatic heterocycles. The Balaban J connectivity index is 1.85. The van der Waals surface area contributed by atoms with Crippen molar-refractivity contribution in [2.75, 3.05) is 11.1 Å². The molecule has 0 saturated carbocycles. The van der Waals surface area contributed by atoms with E-state index in [0.29, 0.717) is 0 Å². The molecule has 0 radical (unpaired) electrons. The monoisotopic (exact) mass is 268 g/mol. The topological polar surface area (TPSA) is 38.0 Å². The van der Waals surface area contributed by atoms with E-state index in [0.717, 1.165) is 24.2 Å². The summed E-state index contributed by atoms with van der Waals surface area (Å²) < 4.78 is 0. The Morgan fingerprint density at radius 1 is 1.05 bits per heavy atom. The molecule has 0 bridgehead atoms. The summed E-state index contributed by atoms with van der Waals surface area (Å²) in [6, 6.07) is 14.5. The molecule has 3 rings (SSSR count). The van der Waals surface area contributed by atoms with Gasteiger partial charge in [0.25, 0.3) is 0 Å². The van der Waals surface area contributed by atoms with Crippen LogP contribution in [0.3, 0.4) is 0 Å². The minimum atomic E-state index is 0.806. The van der Waals surface area contributed by atoms with E-state index in [1.807, 2.05) is 18.2 Å². The van der Waals surface area contributed by atoms with Crippen LogP contribution in [0.4, 0.5) is 11.4 Å². The third-order valence-electron chi connectivity index (χ3n) is 3.18. The summed E-state index contributed by atoms with van der Waals surface area (Å²) in [6.07, 6.45) is 2.08. The molecule has 2 aromatic carbocycles. The summed E-state index contributed by atoms with van der Waals surface area (Å²) in [5, 5.41) is 3.34. The van der Waals surface area contributed by atoms with Crippen LogP contribution in [-0.2, 0) is 6.42 Å². The molecule has 1 aliphatic heterocycles. The number of hydrogen-bond acceptors (Lipinski definition) is 3. The van der Waals surface area contributed by atoms with E-state index in [1.165, 1.54) is 21.0 Å². The Kier molecular flexibility index (Phi) is 3.22. The number of nitrogen functional groups attached to an aromatic ring is 1. The molecule has 3 N–H and O–H groups in total. The van der Waals surface area contributed by atoms with Gasteiger partial charge in [-0.25, -0.2) is 0 Å². The van der Waals surface area contributed by atoms with Crippen molar-refractivity contribution in [3.63, 3.8) is 0 Å². The molecule has 0 aliphatic carbocycles. The van der Waals surface area contributed by atoms with Crippen LogP contribution >= 0.6 is 11.8 Å². The van der Waals surface area contributed by atoms with E-state index in [9.17, 15) is 0 Å². The third-order valence-corrected chi connectivity index (χ3v) is 4.16. The number of allylic oxidation sites excluding steroid dienone is 1. The van der Waals surface area contributed by atoms with Gasteiger partial charge in [-0.15, -0.1) is 0 Å². The molecule has 1 heterocycles. The molecule has 3 heteroatoms. The zero-order chi connectivity index (χ0) is 13.2. The predicted octanol–water partition coefficient (Wildman–Crippen LogP) is 4.29. The van der Waals surface area contributed by atoms with Gasteiger partial charge in [0.2, 0.25) is 0 Å². The molecule has 0 unspecified atom stereocenters. The lowest BCUT2D eigenvalue weighted by atomic mass is 10.0. The quantitative estimate of drug-likeness (QED) is 0.798. The lowest BCUT2D eigenvalue weighted by Gasteiger charge is -2.20. The van der Waals surface area contributed by atoms with Gasteiger partial charge in [0.05, 0.1) is 0 Å². The smallest absolute Gasteiger partial charge is 0.0415 e. The van der Waals surface area contributed by atoms with E-state index < -0.39 is 0 Å². The van der Waals surface area contributed by atoms with Gasteiger partial charge in [-0.1, -0.05) is 24.4 Å². The van der Waals surface area contributed by atoms with Gasteiger partial charge < -0.3 is 11.1 Å². The van der Waals surface area contributed by atoms with Gasteiger partial charge >= 0.3 is 0 Å². The van der Waals surface area contributed by atoms with Crippen molar-refractivity contribution < 1.29 is 0 Å². The summed E-state index contributed by atoms with van der Waals surface area (Å²) in [4.78, 5) is 2.42. The van der Waals surface area contributed by atoms with Crippen molar-refractivity contribution in [3.8, 4) is 0 Å². The van der Waals surface area contributed by atoms with Crippen LogP contribution in [0.1, 0.15) is 12.0 Å². The second-order valence-corrected chi connectivity index (χ2v) is 5.87. The largest absolute Gasteiger partial charge is 0.399 e. The fourth-order valence-electron chi connectivity index (χ4n) is 2.21. The molecule has 1 aliphatic rings. The first-order valence-corrected chi connectivity index (χ1v) is 7.13. The number of rotatable bonds is 2. The second-order valence-electron chi connectivity index (χ2n) is 4.72. The average molecular weight is 268 g/mol. The third kappa shape index (κ3) is 2.76. The number of hydrogen-bond donors (Lipinski definition) is 2. The van der Waals surface area contributed by atoms with E-state index in [-0.39, 0.29) is 0 Å². The standard InChI is InChI=1S/C16H16N2S/c1-11-5-6-12-9-15(7-8-16(12)18-11)19-14-4-2-3-13(17)10-14/h2-4,7-10,18H,1,5-6,17H2. The number of anilines is 2. The van der Waals surface area contributed by atoms with Crippen LogP contribution in [-0.4, -0.2) is 0 Å². The van der Waals surface area contributed by atoms with Crippen molar-refractivity contribution in [2.45, 2.75) is 22.6 Å². The molecule has 19 heavy (non-hydrogen) atoms. The van der Waals surface area contributed by atoms with Gasteiger partial charge in [0.1, 0.15) is 0 Å². The molecular weight excluding hydrogens is 252 g/mol. The first kappa shape index (κ1) is 12.2. The Labute approximate surface area is 117 Å². The van der Waals surface area contributed by atoms with E-state index in [2.05, 4.69) is 36.2 Å². The maximum Gasteiger partial charge on any atom is 0.0415 e. The zero-order valence-corrected chi connectivity index (χ0v) is 11.5. The molecule has 2 nitrogen and oxygen atoms in total. The minimum absolute atomic E-state index is 0.806. The molecule has 0 fully saturated rings. The summed E-state index contributed by atoms with van der Waals surface area (Å²) in [7, 11) is 0. The molecule has 0 saturated heterocycles. The molecule has 0 atom stereocenters. The normalized spacial score (nSPS) is 13.8. The summed E-state index contributed by atoms with van der Waals surface area (Å²) in [5.74, 6) is 0. The van der Waals surface area contributed by atoms with Gasteiger partial charge in [0.15, 0.2) is 0 Å². The summed E-state index contributed by atoms with van der Waals surface area (Å²) in [6.45, 7) is 3.98. The summed E-state index contributed by atoms with van der Waals surface area (Å²) in [5.41, 5.74) is 10.3. The van der Waals surface area contributed by atoms with Crippen LogP contribution in [0.5, 0.6) is 0 Å². The van der Waals surface area contributed by atoms with Gasteiger partial charge in [0, 0.05) is 26.9 Å². The Bertz CT molecular complexity index is 634. The first-order chi connectivity index (χ1) is 9.20. The number of nitrogens with one attached hydrogen (secondary N) is 1. The van der Waals surface area contributed by atoms with E-state index >= 15 is 0 Å². The van der Waals surface area contributed by atoms with Crippen LogP contribution in [0, 0.1) is 0 Å². The predicted molar refractivity (Wildman–Crippen MR) is 82.5 cm³/mol. The fourth-order valence-corrected chi connectivity index (χ4v) is 3.17. The number of benzene rings is 2. The summed E-state index contributed by atoms with van der Waals surface area (Å²) >= 11 is 1.75. The molecular formula is C16H16N2S. The van der Waals surface area contributed by atoms with Crippen LogP contribution in [0.15, 0.2) is 64.5 Å². The average Bonchev–Trinajstić information content (AvgIpc) is 2.39. The van der Waals surface area contributed by atoms with E-state index in [1.54, 1.807) is 11.8 Å². The molecule has 96 valence electrons. The zero-order valence-electron chi connectivity index (χ0n) is 10.6. The molecule has 0 amide bonds. The molecule has 0 spiro atoms. The van der Waals surface area contributed by atoms with Gasteiger partial charge in [-0.05, 0) is 54.8 Å². The van der Waals surface area contributed by atoms with Crippen LogP contribution in [0.2, 0.25) is 0 Å². The lowest BCUT2D eigenvalue weighted by Crippen LogP contribution is -2.08. The maximum absolute atomic E-state index is 5.81. The first-order valence-electron chi connectivity index (χ1n) is 6.32. The van der Waals surface area contributed by atoms with Crippen molar-refractivity contribution in [2.24, 2.45) is 0 Å². The van der Waals surface area contributed by atoms with Crippen molar-refractivity contribution in [3.05, 3.63) is 60.3 Å². The van der Waals surface area contributed by atoms with E-state index in [4.69, 9.17) is 5.73 Å². The van der Waals surface area contributed by atoms with Gasteiger partial charge in [-0.2, -0.15) is 0 Å². The van der Waals surface area contributed by atoms with Crippen molar-refractivity contribution in [1.29, 1.82) is 0 Å². The highest BCUT2D eigenvalue weighted by atomic mass is 32.2. The maximum atomic E-state index is 5.81. The molecule has 2 aromatic rings. The highest BCUT2D eigenvalue weighted by molar-refractivity contribution is 7.99. The van der Waals surface area contributed by atoms with Crippen LogP contribution in [0.25, 0.3) is 0 Å². The highest BCUT2D eigenvalue weighted by Crippen LogP contribution is 2.34. The van der Waals surface area contributed by atoms with Crippen LogP contribution < -0.4 is 11.1 Å². The fraction of sp³-hybridized carbons (Fsp3) is 0.125. The highest BCUT2D eigenvalue weighted by Gasteiger charge is 2.11. The SMILES string of the molecule is C=C1CCc2cc(Sc3cccc(N)c3)ccc2N1.